The van der Waals surface area contributed by atoms with Crippen LogP contribution in [0.25, 0.3) is 0 Å². The summed E-state index contributed by atoms with van der Waals surface area (Å²) in [4.78, 5) is 17.2. The van der Waals surface area contributed by atoms with Crippen LogP contribution in [0.4, 0.5) is 0 Å². The highest BCUT2D eigenvalue weighted by molar-refractivity contribution is 5.85. The topological polar surface area (TPSA) is 69.8 Å². The Bertz CT molecular complexity index is 551. The second-order valence-electron chi connectivity index (χ2n) is 7.51. The van der Waals surface area contributed by atoms with Crippen molar-refractivity contribution in [3.05, 3.63) is 35.9 Å². The molecule has 1 aliphatic carbocycles. The lowest BCUT2D eigenvalue weighted by Crippen LogP contribution is -2.38. The van der Waals surface area contributed by atoms with E-state index in [9.17, 15) is 9.90 Å². The van der Waals surface area contributed by atoms with E-state index in [0.29, 0.717) is 12.8 Å². The van der Waals surface area contributed by atoms with Crippen molar-refractivity contribution in [1.29, 1.82) is 0 Å². The van der Waals surface area contributed by atoms with Crippen LogP contribution in [-0.4, -0.2) is 65.7 Å². The van der Waals surface area contributed by atoms with E-state index in [-0.39, 0.29) is 42.7 Å². The number of carbonyl (C=O) groups excluding carboxylic acids is 1. The molecule has 1 aromatic rings. The summed E-state index contributed by atoms with van der Waals surface area (Å²) in [6.07, 6.45) is 3.92. The summed E-state index contributed by atoms with van der Waals surface area (Å²) in [7, 11) is 0. The highest BCUT2D eigenvalue weighted by Gasteiger charge is 2.37. The largest absolute Gasteiger partial charge is 0.391 e. The number of hydrogen-bond donors (Lipinski definition) is 2. The maximum absolute atomic E-state index is 12.7. The Hall–Kier alpha value is -0.850. The summed E-state index contributed by atoms with van der Waals surface area (Å²) < 4.78 is 0. The fourth-order valence-corrected chi connectivity index (χ4v) is 4.07. The maximum atomic E-state index is 12.7. The Morgan fingerprint density at radius 3 is 2.48 bits per heavy atom. The van der Waals surface area contributed by atoms with Crippen molar-refractivity contribution in [2.24, 2.45) is 11.7 Å². The lowest BCUT2D eigenvalue weighted by Gasteiger charge is -2.24. The number of amides is 1. The minimum Gasteiger partial charge on any atom is -0.391 e. The fourth-order valence-electron chi connectivity index (χ4n) is 4.07. The second kappa shape index (κ2) is 11.9. The Labute approximate surface area is 175 Å². The van der Waals surface area contributed by atoms with Crippen LogP contribution < -0.4 is 5.73 Å². The monoisotopic (exact) mass is 417 g/mol. The first-order chi connectivity index (χ1) is 12.1. The molecule has 0 aromatic heterocycles. The van der Waals surface area contributed by atoms with E-state index in [1.807, 2.05) is 4.90 Å². The van der Waals surface area contributed by atoms with Gasteiger partial charge < -0.3 is 20.6 Å². The van der Waals surface area contributed by atoms with Gasteiger partial charge >= 0.3 is 0 Å². The molecule has 0 bridgehead atoms. The molecule has 3 rings (SSSR count). The first-order valence-corrected chi connectivity index (χ1v) is 9.62. The first kappa shape index (κ1) is 24.2. The summed E-state index contributed by atoms with van der Waals surface area (Å²) in [5, 5.41) is 9.80. The Balaban J connectivity index is 0.00000182. The lowest BCUT2D eigenvalue weighted by molar-refractivity contribution is -0.135. The number of hydrogen-bond acceptors (Lipinski definition) is 4. The molecule has 0 unspecified atom stereocenters. The number of nitrogens with zero attached hydrogens (tertiary/aromatic N) is 2. The Kier molecular flexibility index (Phi) is 10.6. The zero-order valence-corrected chi connectivity index (χ0v) is 17.5. The summed E-state index contributed by atoms with van der Waals surface area (Å²) in [5.74, 6) is 0.104. The molecule has 2 fully saturated rings. The van der Waals surface area contributed by atoms with E-state index in [2.05, 4.69) is 35.2 Å². The molecule has 1 heterocycles. The van der Waals surface area contributed by atoms with Crippen molar-refractivity contribution in [1.82, 2.24) is 9.80 Å². The van der Waals surface area contributed by atoms with Gasteiger partial charge in [-0.2, -0.15) is 0 Å². The zero-order chi connectivity index (χ0) is 17.6. The van der Waals surface area contributed by atoms with Crippen LogP contribution in [0, 0.1) is 5.92 Å². The molecule has 3 N–H and O–H groups in total. The van der Waals surface area contributed by atoms with E-state index in [4.69, 9.17) is 5.73 Å². The molecule has 5 nitrogen and oxygen atoms in total. The molecule has 0 spiro atoms. The highest BCUT2D eigenvalue weighted by Crippen LogP contribution is 2.27. The quantitative estimate of drug-likeness (QED) is 0.769. The summed E-state index contributed by atoms with van der Waals surface area (Å²) >= 11 is 0. The normalized spacial score (nSPS) is 26.0. The van der Waals surface area contributed by atoms with Gasteiger partial charge in [-0.05, 0) is 50.8 Å². The minimum absolute atomic E-state index is 0. The number of rotatable bonds is 5. The van der Waals surface area contributed by atoms with Gasteiger partial charge in [0.05, 0.1) is 6.10 Å². The second-order valence-corrected chi connectivity index (χ2v) is 7.51. The van der Waals surface area contributed by atoms with Crippen molar-refractivity contribution in [3.8, 4) is 0 Å². The molecule has 154 valence electrons. The number of carbonyl (C=O) groups is 1. The van der Waals surface area contributed by atoms with Gasteiger partial charge in [0, 0.05) is 31.6 Å². The van der Waals surface area contributed by atoms with Crippen molar-refractivity contribution in [2.75, 3.05) is 32.7 Å². The highest BCUT2D eigenvalue weighted by atomic mass is 35.5. The van der Waals surface area contributed by atoms with Gasteiger partial charge in [0.1, 0.15) is 0 Å². The molecule has 7 heteroatoms. The van der Waals surface area contributed by atoms with Crippen LogP contribution in [0.2, 0.25) is 0 Å². The van der Waals surface area contributed by atoms with Crippen LogP contribution in [0.3, 0.4) is 0 Å². The smallest absolute Gasteiger partial charge is 0.225 e. The van der Waals surface area contributed by atoms with Gasteiger partial charge in [-0.1, -0.05) is 30.3 Å². The molecular weight excluding hydrogens is 385 g/mol. The van der Waals surface area contributed by atoms with Crippen LogP contribution in [0.1, 0.15) is 31.2 Å². The molecule has 27 heavy (non-hydrogen) atoms. The number of benzene rings is 1. The van der Waals surface area contributed by atoms with Gasteiger partial charge in [0.15, 0.2) is 0 Å². The third-order valence-corrected chi connectivity index (χ3v) is 5.61. The summed E-state index contributed by atoms with van der Waals surface area (Å²) in [5.41, 5.74) is 7.26. The minimum atomic E-state index is -0.518. The van der Waals surface area contributed by atoms with E-state index < -0.39 is 6.10 Å². The van der Waals surface area contributed by atoms with Crippen molar-refractivity contribution in [3.63, 3.8) is 0 Å². The summed E-state index contributed by atoms with van der Waals surface area (Å²) in [6, 6.07) is 10.4. The number of aliphatic hydroxyl groups excluding tert-OH is 1. The van der Waals surface area contributed by atoms with Crippen LogP contribution in [0.5, 0.6) is 0 Å². The third-order valence-electron chi connectivity index (χ3n) is 5.61. The lowest BCUT2D eigenvalue weighted by atomic mass is 10.1. The molecule has 1 aromatic carbocycles. The van der Waals surface area contributed by atoms with Gasteiger partial charge in [-0.25, -0.2) is 0 Å². The molecule has 0 radical (unpaired) electrons. The standard InChI is InChI=1S/C20H31N3O2.2ClH/c21-18-14-17(15-19(18)24)20(25)23-11-5-10-22(12-13-23)9-4-8-16-6-2-1-3-7-16;;/h1-3,6-7,17-19,24H,4-5,8-15,21H2;2*1H/t17-,18+,19+;;/m0../s1. The van der Waals surface area contributed by atoms with E-state index in [1.165, 1.54) is 5.56 Å². The van der Waals surface area contributed by atoms with Gasteiger partial charge in [-0.3, -0.25) is 4.79 Å². The third kappa shape index (κ3) is 6.91. The molecule has 1 amide bonds. The van der Waals surface area contributed by atoms with Crippen molar-refractivity contribution in [2.45, 2.75) is 44.2 Å². The van der Waals surface area contributed by atoms with Crippen LogP contribution in [-0.2, 0) is 11.2 Å². The fraction of sp³-hybridized carbons (Fsp3) is 0.650. The van der Waals surface area contributed by atoms with Gasteiger partial charge in [-0.15, -0.1) is 24.8 Å². The molecule has 3 atom stereocenters. The SMILES string of the molecule is Cl.Cl.N[C@@H]1C[C@H](C(=O)N2CCCN(CCCc3ccccc3)CC2)C[C@H]1O. The predicted molar refractivity (Wildman–Crippen MR) is 114 cm³/mol. The molecular formula is C20H33Cl2N3O2. The van der Waals surface area contributed by atoms with Crippen LogP contribution in [0.15, 0.2) is 30.3 Å². The summed E-state index contributed by atoms with van der Waals surface area (Å²) in [6.45, 7) is 4.72. The number of aryl methyl sites for hydroxylation is 1. The molecule has 1 aliphatic heterocycles. The molecule has 1 saturated carbocycles. The number of halogens is 2. The van der Waals surface area contributed by atoms with Crippen molar-refractivity contribution >= 4 is 30.7 Å². The van der Waals surface area contributed by atoms with Gasteiger partial charge in [0.25, 0.3) is 0 Å². The molecule has 1 saturated heterocycles. The van der Waals surface area contributed by atoms with Crippen LogP contribution >= 0.6 is 24.8 Å². The van der Waals surface area contributed by atoms with E-state index in [0.717, 1.165) is 52.0 Å². The van der Waals surface area contributed by atoms with E-state index in [1.54, 1.807) is 0 Å². The first-order valence-electron chi connectivity index (χ1n) is 9.62. The Morgan fingerprint density at radius 1 is 1.07 bits per heavy atom. The number of nitrogens with two attached hydrogens (primary N) is 1. The average molecular weight is 418 g/mol. The molecule has 2 aliphatic rings. The van der Waals surface area contributed by atoms with Crippen molar-refractivity contribution < 1.29 is 9.90 Å². The predicted octanol–water partition coefficient (Wildman–Crippen LogP) is 2.10. The van der Waals surface area contributed by atoms with Gasteiger partial charge in [0.2, 0.25) is 5.91 Å². The zero-order valence-electron chi connectivity index (χ0n) is 15.8. The maximum Gasteiger partial charge on any atom is 0.225 e. The van der Waals surface area contributed by atoms with E-state index >= 15 is 0 Å². The average Bonchev–Trinajstić information content (AvgIpc) is 2.83. The number of aliphatic hydroxyl groups is 1. The Morgan fingerprint density at radius 2 is 1.81 bits per heavy atom.